The molecule has 0 aliphatic carbocycles. The molecule has 3 saturated heterocycles. The molecule has 0 radical (unpaired) electrons. The number of fused-ring (bicyclic) bond motifs is 3. The van der Waals surface area contributed by atoms with Crippen LogP contribution in [0.1, 0.15) is 137 Å². The average molecular weight is 1360 g/mol. The highest BCUT2D eigenvalue weighted by atomic mass is 16.6. The van der Waals surface area contributed by atoms with Gasteiger partial charge in [0.05, 0.1) is 53.8 Å². The quantitative estimate of drug-likeness (QED) is 0.0530. The van der Waals surface area contributed by atoms with Crippen LogP contribution < -0.4 is 45.0 Å². The Morgan fingerprint density at radius 3 is 1.45 bits per heavy atom. The van der Waals surface area contributed by atoms with Crippen molar-refractivity contribution in [3.63, 3.8) is 0 Å². The van der Waals surface area contributed by atoms with E-state index >= 15 is 0 Å². The van der Waals surface area contributed by atoms with Crippen molar-refractivity contribution in [2.24, 2.45) is 17.8 Å². The summed E-state index contributed by atoms with van der Waals surface area (Å²) < 4.78 is 34.1. The second kappa shape index (κ2) is 34.8. The van der Waals surface area contributed by atoms with Crippen LogP contribution in [0.4, 0.5) is 21.9 Å². The number of likely N-dealkylation sites (tertiary alicyclic amines) is 2. The lowest BCUT2D eigenvalue weighted by atomic mass is 9.82. The van der Waals surface area contributed by atoms with Gasteiger partial charge >= 0.3 is 6.09 Å². The molecule has 6 heterocycles. The molecule has 6 N–H and O–H groups in total. The van der Waals surface area contributed by atoms with Crippen molar-refractivity contribution in [2.75, 3.05) is 83.3 Å². The van der Waals surface area contributed by atoms with Crippen LogP contribution in [-0.2, 0) is 44.8 Å². The SMILES string of the molecule is COc1ccc([C@H]2CCN(C(=O)OC(C)(C)C)C(C)C[C@@H]2CO)cc1.COc1ccc([C@H]2CCN(CCc3ccccc3)C(C)C[C@@H]2COc2ccc3c(c2)NC(=O)C3)cc1.COc1ccc([C@H]2CCNC(C)C[C@@H]2COc2ccc3c(c2)NC(=O)C3)cc1.O=C1Cc2ccc(O)cc2N1. The molecule has 0 bridgehead atoms. The lowest BCUT2D eigenvalue weighted by molar-refractivity contribution is -0.115. The van der Waals surface area contributed by atoms with E-state index in [1.807, 2.05) is 88.4 Å². The van der Waals surface area contributed by atoms with Gasteiger partial charge in [0.25, 0.3) is 0 Å². The minimum atomic E-state index is -0.505. The molecule has 0 saturated carbocycles. The summed E-state index contributed by atoms with van der Waals surface area (Å²) in [6.45, 7) is 17.5. The highest BCUT2D eigenvalue weighted by Crippen LogP contribution is 2.41. The molecule has 6 aliphatic heterocycles. The molecule has 0 aromatic heterocycles. The van der Waals surface area contributed by atoms with Crippen LogP contribution in [0, 0.1) is 17.8 Å². The molecule has 100 heavy (non-hydrogen) atoms. The largest absolute Gasteiger partial charge is 0.508 e. The number of aliphatic hydroxyl groups is 1. The number of anilines is 3. The molecule has 18 heteroatoms. The van der Waals surface area contributed by atoms with E-state index in [0.717, 1.165) is 127 Å². The van der Waals surface area contributed by atoms with Crippen molar-refractivity contribution >= 4 is 40.9 Å². The van der Waals surface area contributed by atoms with Gasteiger partial charge in [-0.3, -0.25) is 14.4 Å². The zero-order chi connectivity index (χ0) is 70.9. The molecule has 7 aromatic rings. The molecule has 13 rings (SSSR count). The molecule has 18 nitrogen and oxygen atoms in total. The van der Waals surface area contributed by atoms with E-state index in [4.69, 9.17) is 33.5 Å². The van der Waals surface area contributed by atoms with Crippen molar-refractivity contribution in [3.05, 3.63) is 197 Å². The molecule has 7 aromatic carbocycles. The lowest BCUT2D eigenvalue weighted by Gasteiger charge is -2.30. The lowest BCUT2D eigenvalue weighted by Crippen LogP contribution is -2.42. The molecule has 532 valence electrons. The molecule has 3 fully saturated rings. The van der Waals surface area contributed by atoms with Crippen LogP contribution in [0.3, 0.4) is 0 Å². The van der Waals surface area contributed by atoms with E-state index in [1.165, 1.54) is 22.3 Å². The number of aromatic hydroxyl groups is 1. The summed E-state index contributed by atoms with van der Waals surface area (Å²) >= 11 is 0. The van der Waals surface area contributed by atoms with E-state index in [9.17, 15) is 24.3 Å². The van der Waals surface area contributed by atoms with Gasteiger partial charge in [-0.2, -0.15) is 0 Å². The summed E-state index contributed by atoms with van der Waals surface area (Å²) in [5.41, 5.74) is 10.3. The summed E-state index contributed by atoms with van der Waals surface area (Å²) in [4.78, 5) is 51.1. The topological polar surface area (TPSA) is 219 Å². The van der Waals surface area contributed by atoms with E-state index in [-0.39, 0.29) is 54.0 Å². The Bertz CT molecular complexity index is 3830. The van der Waals surface area contributed by atoms with Gasteiger partial charge in [-0.1, -0.05) is 84.9 Å². The minimum absolute atomic E-state index is 0.00870. The number of phenols is 1. The zero-order valence-corrected chi connectivity index (χ0v) is 59.6. The fourth-order valence-corrected chi connectivity index (χ4v) is 14.9. The third-order valence-electron chi connectivity index (χ3n) is 20.2. The number of rotatable bonds is 16. The first-order chi connectivity index (χ1) is 48.2. The van der Waals surface area contributed by atoms with Crippen LogP contribution >= 0.6 is 0 Å². The van der Waals surface area contributed by atoms with Crippen LogP contribution in [0.5, 0.6) is 34.5 Å². The standard InChI is InChI=1S/C31H36N2O3.C23H28N2O3.C20H31NO4.C8H7NO2/c1-22-18-26(21-36-28-13-10-25-19-31(34)32-30(25)20-28)29(24-8-11-27(35-2)12-9-24)15-17-33(22)16-14-23-6-4-3-5-7-23;1-15-11-18(14-28-20-8-5-17-12-23(26)25-22(17)13-20)21(9-10-24-15)16-3-6-19(27-2)7-4-16;1-14-12-16(13-22)18(15-6-8-17(24-5)9-7-15)10-11-21(14)19(23)25-20(2,3)4;10-6-2-1-5-3-8(11)9-7(5)4-6/h3-13,20,22,26,29H,14-19,21H2,1-2H3,(H,32,34);3-8,13,15,18,21,24H,9-12,14H2,1-2H3,(H,25,26);6-9,14,16,18,22H,10-13H2,1-5H3;1-2,4,10H,3H2,(H,9,11)/t22?,26-,29-;15?,18-,21-;14?,16-,18-;/m111./s1. The van der Waals surface area contributed by atoms with E-state index in [2.05, 4.69) is 119 Å². The Hall–Kier alpha value is -9.10. The molecule has 6 aliphatic rings. The van der Waals surface area contributed by atoms with Gasteiger partial charge in [-0.05, 0) is 217 Å². The third kappa shape index (κ3) is 20.3. The van der Waals surface area contributed by atoms with Crippen LogP contribution in [0.15, 0.2) is 158 Å². The Labute approximate surface area is 590 Å². The molecule has 4 amide bonds. The van der Waals surface area contributed by atoms with Crippen molar-refractivity contribution in [3.8, 4) is 34.5 Å². The minimum Gasteiger partial charge on any atom is -0.508 e. The molecular formula is C82H102N6O12. The van der Waals surface area contributed by atoms with Gasteiger partial charge in [0.2, 0.25) is 17.7 Å². The Morgan fingerprint density at radius 1 is 0.520 bits per heavy atom. The number of phenolic OH excluding ortho intramolecular Hbond substituents is 1. The van der Waals surface area contributed by atoms with Crippen molar-refractivity contribution < 1.29 is 57.8 Å². The number of hydrogen-bond acceptors (Lipinski definition) is 14. The Balaban J connectivity index is 0.000000152. The molecule has 3 unspecified atom stereocenters. The highest BCUT2D eigenvalue weighted by Gasteiger charge is 2.36. The monoisotopic (exact) mass is 1360 g/mol. The smallest absolute Gasteiger partial charge is 0.410 e. The van der Waals surface area contributed by atoms with Gasteiger partial charge < -0.3 is 69.7 Å². The number of carbonyl (C=O) groups is 4. The summed E-state index contributed by atoms with van der Waals surface area (Å²) in [7, 11) is 5.06. The predicted molar refractivity (Wildman–Crippen MR) is 392 cm³/mol. The summed E-state index contributed by atoms with van der Waals surface area (Å²) in [5.74, 6) is 6.51. The van der Waals surface area contributed by atoms with Gasteiger partial charge in [0.15, 0.2) is 0 Å². The maximum absolute atomic E-state index is 12.5. The molecular weight excluding hydrogens is 1260 g/mol. The number of hydrogen-bond donors (Lipinski definition) is 6. The number of ether oxygens (including phenoxy) is 6. The highest BCUT2D eigenvalue weighted by molar-refractivity contribution is 6.00. The third-order valence-corrected chi connectivity index (χ3v) is 20.2. The predicted octanol–water partition coefficient (Wildman–Crippen LogP) is 14.1. The number of carbonyl (C=O) groups excluding carboxylic acids is 4. The van der Waals surface area contributed by atoms with Gasteiger partial charge in [0.1, 0.15) is 40.1 Å². The second-order valence-corrected chi connectivity index (χ2v) is 28.4. The molecule has 9 atom stereocenters. The van der Waals surface area contributed by atoms with Crippen LogP contribution in [-0.4, -0.2) is 135 Å². The first-order valence-electron chi connectivity index (χ1n) is 35.5. The first kappa shape index (κ1) is 73.6. The Morgan fingerprint density at radius 2 is 0.960 bits per heavy atom. The average Bonchev–Trinajstić information content (AvgIpc) is 1.63. The van der Waals surface area contributed by atoms with E-state index < -0.39 is 5.60 Å². The number of nitrogens with one attached hydrogen (secondary N) is 4. The summed E-state index contributed by atoms with van der Waals surface area (Å²) in [6, 6.07) is 53.5. The number of nitrogens with zero attached hydrogens (tertiary/aromatic N) is 2. The van der Waals surface area contributed by atoms with Gasteiger partial charge in [-0.15, -0.1) is 0 Å². The van der Waals surface area contributed by atoms with Gasteiger partial charge in [-0.25, -0.2) is 4.79 Å². The summed E-state index contributed by atoms with van der Waals surface area (Å²) in [5, 5.41) is 31.0. The van der Waals surface area contributed by atoms with Crippen LogP contribution in [0.2, 0.25) is 0 Å². The maximum Gasteiger partial charge on any atom is 0.410 e. The van der Waals surface area contributed by atoms with Gasteiger partial charge in [0, 0.05) is 84.9 Å². The zero-order valence-electron chi connectivity index (χ0n) is 59.6. The Kier molecular flexibility index (Phi) is 25.6. The normalized spacial score (nSPS) is 22.4. The summed E-state index contributed by atoms with van der Waals surface area (Å²) in [6.07, 6.45) is 8.03. The first-order valence-corrected chi connectivity index (χ1v) is 35.5. The van der Waals surface area contributed by atoms with E-state index in [1.54, 1.807) is 44.4 Å². The van der Waals surface area contributed by atoms with E-state index in [0.29, 0.717) is 74.8 Å². The molecule has 0 spiro atoms. The fraction of sp³-hybridized carbons (Fsp3) is 0.439. The fourth-order valence-electron chi connectivity index (χ4n) is 14.9. The van der Waals surface area contributed by atoms with Crippen molar-refractivity contribution in [2.45, 2.75) is 147 Å². The number of benzene rings is 7. The van der Waals surface area contributed by atoms with Crippen LogP contribution in [0.25, 0.3) is 0 Å². The maximum atomic E-state index is 12.5. The van der Waals surface area contributed by atoms with Crippen molar-refractivity contribution in [1.29, 1.82) is 0 Å². The number of methoxy groups -OCH3 is 3. The number of aliphatic hydroxyl groups excluding tert-OH is 1. The second-order valence-electron chi connectivity index (χ2n) is 28.4. The number of amides is 4. The van der Waals surface area contributed by atoms with Crippen molar-refractivity contribution in [1.82, 2.24) is 15.1 Å².